The summed E-state index contributed by atoms with van der Waals surface area (Å²) in [6.07, 6.45) is 1.35. The van der Waals surface area contributed by atoms with Gasteiger partial charge in [-0.3, -0.25) is 14.9 Å². The van der Waals surface area contributed by atoms with E-state index in [1.54, 1.807) is 49.4 Å². The van der Waals surface area contributed by atoms with Crippen molar-refractivity contribution in [2.45, 2.75) is 13.8 Å². The number of imide groups is 2. The van der Waals surface area contributed by atoms with Crippen molar-refractivity contribution >= 4 is 35.6 Å². The van der Waals surface area contributed by atoms with E-state index in [-0.39, 0.29) is 18.8 Å². The van der Waals surface area contributed by atoms with Crippen molar-refractivity contribution in [3.63, 3.8) is 0 Å². The molecule has 0 bridgehead atoms. The number of hydrogen-bond acceptors (Lipinski definition) is 7. The van der Waals surface area contributed by atoms with Crippen molar-refractivity contribution in [3.8, 4) is 11.5 Å². The van der Waals surface area contributed by atoms with Crippen molar-refractivity contribution in [3.05, 3.63) is 59.2 Å². The number of hydrogen-bond donors (Lipinski definition) is 1. The van der Waals surface area contributed by atoms with E-state index >= 15 is 0 Å². The van der Waals surface area contributed by atoms with Crippen LogP contribution in [0.4, 0.5) is 10.5 Å². The number of ether oxygens (including phenoxy) is 3. The molecule has 1 fully saturated rings. The van der Waals surface area contributed by atoms with E-state index in [2.05, 4.69) is 5.32 Å². The Balaban J connectivity index is 1.87. The summed E-state index contributed by atoms with van der Waals surface area (Å²) in [7, 11) is 1.42. The second-order valence-electron chi connectivity index (χ2n) is 6.80. The van der Waals surface area contributed by atoms with Gasteiger partial charge in [-0.15, -0.1) is 0 Å². The molecule has 2 aromatic carbocycles. The molecule has 1 aliphatic rings. The van der Waals surface area contributed by atoms with Crippen molar-refractivity contribution in [1.29, 1.82) is 0 Å². The van der Waals surface area contributed by atoms with Crippen molar-refractivity contribution in [2.75, 3.05) is 25.2 Å². The minimum absolute atomic E-state index is 0.215. The van der Waals surface area contributed by atoms with Gasteiger partial charge in [0.25, 0.3) is 11.8 Å². The molecule has 0 atom stereocenters. The number of rotatable bonds is 7. The number of nitrogens with zero attached hydrogens (tertiary/aromatic N) is 1. The monoisotopic (exact) mass is 438 g/mol. The number of barbiturate groups is 1. The Labute approximate surface area is 184 Å². The summed E-state index contributed by atoms with van der Waals surface area (Å²) < 4.78 is 15.5. The maximum atomic E-state index is 13.0. The van der Waals surface area contributed by atoms with Crippen LogP contribution < -0.4 is 19.7 Å². The summed E-state index contributed by atoms with van der Waals surface area (Å²) in [5.74, 6) is -1.49. The zero-order chi connectivity index (χ0) is 23.3. The van der Waals surface area contributed by atoms with Gasteiger partial charge >= 0.3 is 12.0 Å². The molecule has 0 unspecified atom stereocenters. The van der Waals surface area contributed by atoms with E-state index in [1.807, 2.05) is 6.92 Å². The zero-order valence-electron chi connectivity index (χ0n) is 17.8. The highest BCUT2D eigenvalue weighted by atomic mass is 16.6. The van der Waals surface area contributed by atoms with Crippen molar-refractivity contribution in [1.82, 2.24) is 5.32 Å². The third kappa shape index (κ3) is 4.94. The van der Waals surface area contributed by atoms with Crippen LogP contribution in [0.1, 0.15) is 18.1 Å². The Hall–Kier alpha value is -4.14. The number of carbonyl (C=O) groups is 4. The van der Waals surface area contributed by atoms with Crippen LogP contribution in [0.15, 0.2) is 48.0 Å². The van der Waals surface area contributed by atoms with Crippen molar-refractivity contribution < 1.29 is 33.4 Å². The number of carbonyl (C=O) groups excluding carboxylic acids is 4. The number of esters is 1. The highest BCUT2D eigenvalue weighted by Crippen LogP contribution is 2.30. The molecule has 4 amide bonds. The summed E-state index contributed by atoms with van der Waals surface area (Å²) in [5, 5.41) is 2.18. The molecule has 3 rings (SSSR count). The molecular weight excluding hydrogens is 416 g/mol. The maximum Gasteiger partial charge on any atom is 0.344 e. The van der Waals surface area contributed by atoms with E-state index in [0.29, 0.717) is 22.7 Å². The van der Waals surface area contributed by atoms with E-state index < -0.39 is 23.8 Å². The Morgan fingerprint density at radius 3 is 2.44 bits per heavy atom. The molecule has 1 N–H and O–H groups in total. The van der Waals surface area contributed by atoms with Gasteiger partial charge in [-0.25, -0.2) is 14.5 Å². The Morgan fingerprint density at radius 1 is 1.06 bits per heavy atom. The van der Waals surface area contributed by atoms with E-state index in [4.69, 9.17) is 14.2 Å². The van der Waals surface area contributed by atoms with Gasteiger partial charge in [0.1, 0.15) is 5.57 Å². The number of nitrogens with one attached hydrogen (secondary N) is 1. The zero-order valence-corrected chi connectivity index (χ0v) is 17.8. The van der Waals surface area contributed by atoms with Crippen LogP contribution >= 0.6 is 0 Å². The summed E-state index contributed by atoms with van der Waals surface area (Å²) in [6.45, 7) is 3.52. The number of anilines is 1. The first-order valence-corrected chi connectivity index (χ1v) is 9.78. The third-order valence-corrected chi connectivity index (χ3v) is 4.54. The van der Waals surface area contributed by atoms with Gasteiger partial charge in [0.15, 0.2) is 18.1 Å². The lowest BCUT2D eigenvalue weighted by Gasteiger charge is -2.26. The van der Waals surface area contributed by atoms with Crippen LogP contribution in [-0.2, 0) is 19.1 Å². The molecule has 1 saturated heterocycles. The van der Waals surface area contributed by atoms with Gasteiger partial charge in [-0.1, -0.05) is 23.8 Å². The molecule has 1 aliphatic heterocycles. The van der Waals surface area contributed by atoms with E-state index in [0.717, 1.165) is 10.5 Å². The SMILES string of the molecule is CCOC(=O)COc1ccc(C=C2C(=O)NC(=O)N(c3ccc(C)cc3)C2=O)cc1OC. The van der Waals surface area contributed by atoms with Gasteiger partial charge in [-0.05, 0) is 49.8 Å². The Bertz CT molecular complexity index is 1090. The van der Waals surface area contributed by atoms with Crippen LogP contribution in [0.3, 0.4) is 0 Å². The van der Waals surface area contributed by atoms with E-state index in [9.17, 15) is 19.2 Å². The maximum absolute atomic E-state index is 13.0. The van der Waals surface area contributed by atoms with Crippen LogP contribution in [0.25, 0.3) is 6.08 Å². The number of urea groups is 1. The fourth-order valence-electron chi connectivity index (χ4n) is 2.98. The summed E-state index contributed by atoms with van der Waals surface area (Å²) >= 11 is 0. The van der Waals surface area contributed by atoms with Gasteiger partial charge in [-0.2, -0.15) is 0 Å². The number of benzene rings is 2. The highest BCUT2D eigenvalue weighted by Gasteiger charge is 2.36. The first-order valence-electron chi connectivity index (χ1n) is 9.78. The molecule has 0 radical (unpaired) electrons. The molecule has 0 saturated carbocycles. The highest BCUT2D eigenvalue weighted by molar-refractivity contribution is 6.39. The minimum atomic E-state index is -0.818. The number of aryl methyl sites for hydroxylation is 1. The standard InChI is InChI=1S/C23H22N2O7/c1-4-31-20(26)13-32-18-10-7-15(12-19(18)30-3)11-17-21(27)24-23(29)25(22(17)28)16-8-5-14(2)6-9-16/h5-12H,4,13H2,1-3H3,(H,24,27,29). The predicted octanol–water partition coefficient (Wildman–Crippen LogP) is 2.61. The average Bonchev–Trinajstić information content (AvgIpc) is 2.77. The molecule has 0 spiro atoms. The topological polar surface area (TPSA) is 111 Å². The molecule has 0 aliphatic carbocycles. The first kappa shape index (κ1) is 22.5. The molecule has 166 valence electrons. The normalized spacial score (nSPS) is 14.9. The third-order valence-electron chi connectivity index (χ3n) is 4.54. The molecular formula is C23H22N2O7. The van der Waals surface area contributed by atoms with Crippen molar-refractivity contribution in [2.24, 2.45) is 0 Å². The van der Waals surface area contributed by atoms with Crippen LogP contribution in [0, 0.1) is 6.92 Å². The number of methoxy groups -OCH3 is 1. The fourth-order valence-corrected chi connectivity index (χ4v) is 2.98. The molecule has 9 nitrogen and oxygen atoms in total. The summed E-state index contributed by atoms with van der Waals surface area (Å²) in [5.41, 5.74) is 1.55. The lowest BCUT2D eigenvalue weighted by Crippen LogP contribution is -2.54. The lowest BCUT2D eigenvalue weighted by molar-refractivity contribution is -0.145. The quantitative estimate of drug-likeness (QED) is 0.402. The van der Waals surface area contributed by atoms with Gasteiger partial charge in [0.2, 0.25) is 0 Å². The van der Waals surface area contributed by atoms with Gasteiger partial charge < -0.3 is 14.2 Å². The van der Waals surface area contributed by atoms with Crippen LogP contribution in [-0.4, -0.2) is 44.1 Å². The molecule has 2 aromatic rings. The summed E-state index contributed by atoms with van der Waals surface area (Å²) in [4.78, 5) is 50.0. The second-order valence-corrected chi connectivity index (χ2v) is 6.80. The molecule has 1 heterocycles. The van der Waals surface area contributed by atoms with E-state index in [1.165, 1.54) is 13.2 Å². The van der Waals surface area contributed by atoms with Gasteiger partial charge in [0.05, 0.1) is 19.4 Å². The van der Waals surface area contributed by atoms with Crippen LogP contribution in [0.2, 0.25) is 0 Å². The van der Waals surface area contributed by atoms with Crippen LogP contribution in [0.5, 0.6) is 11.5 Å². The average molecular weight is 438 g/mol. The molecule has 32 heavy (non-hydrogen) atoms. The molecule has 9 heteroatoms. The largest absolute Gasteiger partial charge is 0.493 e. The lowest BCUT2D eigenvalue weighted by atomic mass is 10.1. The second kappa shape index (κ2) is 9.78. The number of amides is 4. The minimum Gasteiger partial charge on any atom is -0.493 e. The van der Waals surface area contributed by atoms with Gasteiger partial charge in [0, 0.05) is 0 Å². The fraction of sp³-hybridized carbons (Fsp3) is 0.217. The summed E-state index contributed by atoms with van der Waals surface area (Å²) in [6, 6.07) is 10.6. The Kier molecular flexibility index (Phi) is 6.89. The smallest absolute Gasteiger partial charge is 0.344 e. The predicted molar refractivity (Wildman–Crippen MR) is 115 cm³/mol. The Morgan fingerprint density at radius 2 is 1.78 bits per heavy atom. The first-order chi connectivity index (χ1) is 15.3. The molecule has 0 aromatic heterocycles.